The van der Waals surface area contributed by atoms with Crippen LogP contribution in [0.4, 0.5) is 5.69 Å². The Morgan fingerprint density at radius 2 is 2.33 bits per heavy atom. The zero-order chi connectivity index (χ0) is 13.2. The van der Waals surface area contributed by atoms with Crippen LogP contribution in [0.2, 0.25) is 0 Å². The predicted molar refractivity (Wildman–Crippen MR) is 64.0 cm³/mol. The second kappa shape index (κ2) is 4.36. The lowest BCUT2D eigenvalue weighted by Crippen LogP contribution is -2.29. The lowest BCUT2D eigenvalue weighted by Gasteiger charge is -2.21. The molecule has 1 atom stereocenters. The van der Waals surface area contributed by atoms with Crippen molar-refractivity contribution in [3.63, 3.8) is 0 Å². The standard InChI is InChI=1S/C11H10N4O3/c12-9(16)7-11(4-2-6-14-11)10-8(15(17)18)3-1-5-13-10/h1-6H,7H2,(H2,12,16). The highest BCUT2D eigenvalue weighted by Crippen LogP contribution is 2.37. The van der Waals surface area contributed by atoms with Gasteiger partial charge in [0.1, 0.15) is 11.2 Å². The van der Waals surface area contributed by atoms with E-state index in [2.05, 4.69) is 9.98 Å². The molecule has 0 spiro atoms. The number of aliphatic imine (C=N–C) groups is 1. The van der Waals surface area contributed by atoms with Crippen molar-refractivity contribution in [3.05, 3.63) is 46.3 Å². The average molecular weight is 246 g/mol. The number of amides is 1. The van der Waals surface area contributed by atoms with Crippen LogP contribution in [0.5, 0.6) is 0 Å². The number of carbonyl (C=O) groups is 1. The lowest BCUT2D eigenvalue weighted by molar-refractivity contribution is -0.386. The minimum Gasteiger partial charge on any atom is -0.370 e. The molecule has 1 aliphatic heterocycles. The molecule has 1 aliphatic rings. The minimum atomic E-state index is -1.16. The lowest BCUT2D eigenvalue weighted by atomic mass is 9.90. The van der Waals surface area contributed by atoms with E-state index in [1.165, 1.54) is 24.5 Å². The fourth-order valence-corrected chi connectivity index (χ4v) is 1.89. The first-order valence-corrected chi connectivity index (χ1v) is 5.16. The maximum Gasteiger partial charge on any atom is 0.293 e. The van der Waals surface area contributed by atoms with Gasteiger partial charge in [-0.1, -0.05) is 0 Å². The summed E-state index contributed by atoms with van der Waals surface area (Å²) in [4.78, 5) is 29.7. The van der Waals surface area contributed by atoms with Crippen molar-refractivity contribution in [3.8, 4) is 0 Å². The van der Waals surface area contributed by atoms with Crippen molar-refractivity contribution in [1.82, 2.24) is 4.98 Å². The summed E-state index contributed by atoms with van der Waals surface area (Å²) in [5, 5.41) is 11.0. The minimum absolute atomic E-state index is 0.124. The highest BCUT2D eigenvalue weighted by molar-refractivity contribution is 5.81. The Morgan fingerprint density at radius 1 is 1.56 bits per heavy atom. The number of carbonyl (C=O) groups excluding carboxylic acids is 1. The molecule has 0 saturated carbocycles. The van der Waals surface area contributed by atoms with Gasteiger partial charge in [-0.05, 0) is 18.2 Å². The Hall–Kier alpha value is -2.57. The molecule has 2 heterocycles. The highest BCUT2D eigenvalue weighted by Gasteiger charge is 2.39. The van der Waals surface area contributed by atoms with Crippen LogP contribution in [-0.4, -0.2) is 22.0 Å². The summed E-state index contributed by atoms with van der Waals surface area (Å²) in [6, 6.07) is 2.79. The summed E-state index contributed by atoms with van der Waals surface area (Å²) in [6.45, 7) is 0. The van der Waals surface area contributed by atoms with Gasteiger partial charge in [-0.2, -0.15) is 0 Å². The van der Waals surface area contributed by atoms with Gasteiger partial charge in [0, 0.05) is 18.5 Å². The molecule has 1 unspecified atom stereocenters. The molecule has 0 radical (unpaired) electrons. The number of allylic oxidation sites excluding steroid dienone is 1. The number of nitrogens with two attached hydrogens (primary N) is 1. The van der Waals surface area contributed by atoms with Gasteiger partial charge < -0.3 is 5.73 Å². The Morgan fingerprint density at radius 3 is 2.89 bits per heavy atom. The summed E-state index contributed by atoms with van der Waals surface area (Å²) < 4.78 is 0. The van der Waals surface area contributed by atoms with Crippen molar-refractivity contribution in [2.45, 2.75) is 12.0 Å². The van der Waals surface area contributed by atoms with Gasteiger partial charge in [-0.3, -0.25) is 24.9 Å². The third kappa shape index (κ3) is 1.97. The van der Waals surface area contributed by atoms with Crippen LogP contribution in [0.25, 0.3) is 0 Å². The van der Waals surface area contributed by atoms with Gasteiger partial charge >= 0.3 is 0 Å². The smallest absolute Gasteiger partial charge is 0.293 e. The molecule has 0 saturated heterocycles. The Labute approximate surface area is 102 Å². The number of nitrogens with zero attached hydrogens (tertiary/aromatic N) is 3. The molecule has 0 fully saturated rings. The summed E-state index contributed by atoms with van der Waals surface area (Å²) in [6.07, 6.45) is 5.94. The molecule has 7 nitrogen and oxygen atoms in total. The van der Waals surface area contributed by atoms with Crippen LogP contribution in [0.3, 0.4) is 0 Å². The third-order valence-electron chi connectivity index (χ3n) is 2.60. The highest BCUT2D eigenvalue weighted by atomic mass is 16.6. The van der Waals surface area contributed by atoms with Crippen LogP contribution < -0.4 is 5.73 Å². The van der Waals surface area contributed by atoms with Crippen molar-refractivity contribution in [2.24, 2.45) is 10.7 Å². The zero-order valence-corrected chi connectivity index (χ0v) is 9.31. The molecular weight excluding hydrogens is 236 g/mol. The number of hydrogen-bond donors (Lipinski definition) is 1. The first kappa shape index (κ1) is 11.9. The first-order chi connectivity index (χ1) is 8.55. The molecule has 92 valence electrons. The molecular formula is C11H10N4O3. The molecule has 0 bridgehead atoms. The fourth-order valence-electron chi connectivity index (χ4n) is 1.89. The van der Waals surface area contributed by atoms with Gasteiger partial charge in [0.2, 0.25) is 5.91 Å². The van der Waals surface area contributed by atoms with E-state index in [1.54, 1.807) is 12.2 Å². The number of primary amides is 1. The van der Waals surface area contributed by atoms with E-state index in [1.807, 2.05) is 0 Å². The summed E-state index contributed by atoms with van der Waals surface area (Å²) in [5.41, 5.74) is 3.96. The Kier molecular flexibility index (Phi) is 2.88. The average Bonchev–Trinajstić information content (AvgIpc) is 2.77. The molecule has 0 aromatic carbocycles. The van der Waals surface area contributed by atoms with E-state index < -0.39 is 16.4 Å². The SMILES string of the molecule is NC(=O)CC1(c2ncccc2[N+](=O)[O-])C=CC=N1. The van der Waals surface area contributed by atoms with Gasteiger partial charge in [-0.25, -0.2) is 0 Å². The van der Waals surface area contributed by atoms with E-state index in [-0.39, 0.29) is 17.8 Å². The monoisotopic (exact) mass is 246 g/mol. The van der Waals surface area contributed by atoms with Crippen LogP contribution in [0, 0.1) is 10.1 Å². The van der Waals surface area contributed by atoms with E-state index in [4.69, 9.17) is 5.73 Å². The first-order valence-electron chi connectivity index (χ1n) is 5.16. The molecule has 18 heavy (non-hydrogen) atoms. The normalized spacial score (nSPS) is 21.1. The summed E-state index contributed by atoms with van der Waals surface area (Å²) >= 11 is 0. The van der Waals surface area contributed by atoms with Crippen LogP contribution in [0.1, 0.15) is 12.1 Å². The van der Waals surface area contributed by atoms with Gasteiger partial charge in [0.25, 0.3) is 5.69 Å². The van der Waals surface area contributed by atoms with Crippen LogP contribution >= 0.6 is 0 Å². The van der Waals surface area contributed by atoms with Crippen LogP contribution in [0.15, 0.2) is 35.5 Å². The Bertz CT molecular complexity index is 553. The van der Waals surface area contributed by atoms with Crippen molar-refractivity contribution < 1.29 is 9.72 Å². The molecule has 2 rings (SSSR count). The summed E-state index contributed by atoms with van der Waals surface area (Å²) in [7, 11) is 0. The molecule has 0 aliphatic carbocycles. The zero-order valence-electron chi connectivity index (χ0n) is 9.31. The van der Waals surface area contributed by atoms with Crippen molar-refractivity contribution >= 4 is 17.8 Å². The molecule has 1 aromatic rings. The van der Waals surface area contributed by atoms with E-state index >= 15 is 0 Å². The Balaban J connectivity index is 2.57. The summed E-state index contributed by atoms with van der Waals surface area (Å²) in [5.74, 6) is -0.598. The van der Waals surface area contributed by atoms with Gasteiger partial charge in [0.15, 0.2) is 0 Å². The number of nitro groups is 1. The topological polar surface area (TPSA) is 111 Å². The molecule has 1 aromatic heterocycles. The predicted octanol–water partition coefficient (Wildman–Crippen LogP) is 0.701. The third-order valence-corrected chi connectivity index (χ3v) is 2.60. The largest absolute Gasteiger partial charge is 0.370 e. The van der Waals surface area contributed by atoms with Gasteiger partial charge in [-0.15, -0.1) is 0 Å². The number of hydrogen-bond acceptors (Lipinski definition) is 5. The maximum absolute atomic E-state index is 11.1. The van der Waals surface area contributed by atoms with E-state index in [0.29, 0.717) is 0 Å². The second-order valence-corrected chi connectivity index (χ2v) is 3.83. The number of pyridine rings is 1. The number of rotatable bonds is 4. The van der Waals surface area contributed by atoms with Gasteiger partial charge in [0.05, 0.1) is 11.3 Å². The number of aromatic nitrogens is 1. The molecule has 2 N–H and O–H groups in total. The van der Waals surface area contributed by atoms with E-state index in [0.717, 1.165) is 0 Å². The van der Waals surface area contributed by atoms with E-state index in [9.17, 15) is 14.9 Å². The molecule has 7 heteroatoms. The van der Waals surface area contributed by atoms with Crippen molar-refractivity contribution in [1.29, 1.82) is 0 Å². The van der Waals surface area contributed by atoms with Crippen molar-refractivity contribution in [2.75, 3.05) is 0 Å². The second-order valence-electron chi connectivity index (χ2n) is 3.83. The van der Waals surface area contributed by atoms with Crippen LogP contribution in [-0.2, 0) is 10.3 Å². The maximum atomic E-state index is 11.1. The molecule has 1 amide bonds. The quantitative estimate of drug-likeness (QED) is 0.622. The fraction of sp³-hybridized carbons (Fsp3) is 0.182.